The normalized spacial score (nSPS) is 14.5. The molecule has 2 aliphatic rings. The van der Waals surface area contributed by atoms with Crippen LogP contribution in [0.5, 0.6) is 0 Å². The Morgan fingerprint density at radius 3 is 1.08 bits per heavy atom. The fraction of sp³-hybridized carbons (Fsp3) is 0.155. The highest BCUT2D eigenvalue weighted by Gasteiger charge is 2.47. The van der Waals surface area contributed by atoms with E-state index in [9.17, 15) is 13.7 Å². The molecule has 0 saturated heterocycles. The molecular weight excluding hydrogens is 1330 g/mol. The van der Waals surface area contributed by atoms with Crippen LogP contribution < -0.4 is 26.2 Å². The van der Waals surface area contributed by atoms with Crippen LogP contribution in [-0.4, -0.2) is 26.2 Å². The molecule has 18 rings (SSSR count). The monoisotopic (exact) mass is 1430 g/mol. The molecule has 0 unspecified atom stereocenters. The summed E-state index contributed by atoms with van der Waals surface area (Å²) in [6.07, 6.45) is 0. The minimum atomic E-state index is -0.790. The van der Waals surface area contributed by atoms with Gasteiger partial charge in [0.2, 0.25) is 0 Å². The van der Waals surface area contributed by atoms with E-state index in [0.29, 0.717) is 57.0 Å². The van der Waals surface area contributed by atoms with E-state index in [-0.39, 0.29) is 50.3 Å². The molecule has 0 atom stereocenters. The Hall–Kier alpha value is -12.4. The summed E-state index contributed by atoms with van der Waals surface area (Å²) in [7, 11) is 0. The lowest BCUT2D eigenvalue weighted by Gasteiger charge is -2.46. The van der Waals surface area contributed by atoms with Gasteiger partial charge >= 0.3 is 0 Å². The number of aromatic nitrogens is 4. The first kappa shape index (κ1) is 55.9. The molecule has 4 heterocycles. The maximum absolute atomic E-state index is 9.96. The van der Waals surface area contributed by atoms with Gasteiger partial charge in [0.25, 0.3) is 6.71 Å². The Morgan fingerprint density at radius 1 is 0.282 bits per heavy atom. The molecule has 0 radical (unpaired) electrons. The molecule has 2 aromatic heterocycles. The highest BCUT2D eigenvalue weighted by Crippen LogP contribution is 2.56. The smallest absolute Gasteiger partial charge is 0.252 e. The van der Waals surface area contributed by atoms with E-state index in [1.54, 1.807) is 4.57 Å². The van der Waals surface area contributed by atoms with Crippen LogP contribution in [0.15, 0.2) is 321 Å². The van der Waals surface area contributed by atoms with Crippen molar-refractivity contribution >= 4 is 79.0 Å². The summed E-state index contributed by atoms with van der Waals surface area (Å²) in [4.78, 5) is 21.3. The quantitative estimate of drug-likeness (QED) is 0.121. The Balaban J connectivity index is 1.10. The maximum atomic E-state index is 9.96. The first-order valence-electron chi connectivity index (χ1n) is 44.2. The fourth-order valence-electron chi connectivity index (χ4n) is 15.9. The van der Waals surface area contributed by atoms with E-state index < -0.39 is 84.0 Å². The van der Waals surface area contributed by atoms with Gasteiger partial charge in [-0.3, -0.25) is 0 Å². The van der Waals surface area contributed by atoms with Crippen LogP contribution in [0, 0.1) is 0 Å². The lowest BCUT2D eigenvalue weighted by atomic mass is 9.33. The van der Waals surface area contributed by atoms with Gasteiger partial charge in [-0.05, 0) is 166 Å². The van der Waals surface area contributed by atoms with Crippen LogP contribution in [0.1, 0.15) is 123 Å². The zero-order chi connectivity index (χ0) is 86.9. The van der Waals surface area contributed by atoms with E-state index in [1.165, 1.54) is 0 Å². The van der Waals surface area contributed by atoms with Crippen molar-refractivity contribution in [1.82, 2.24) is 19.5 Å². The van der Waals surface area contributed by atoms with E-state index >= 15 is 0 Å². The molecule has 534 valence electrons. The third kappa shape index (κ3) is 12.3. The van der Waals surface area contributed by atoms with Crippen molar-refractivity contribution in [3.05, 3.63) is 343 Å². The first-order chi connectivity index (χ1) is 58.5. The van der Waals surface area contributed by atoms with Gasteiger partial charge in [0.15, 0.2) is 17.5 Å². The molecule has 16 aromatic rings. The maximum Gasteiger partial charge on any atom is 0.252 e. The van der Waals surface area contributed by atoms with E-state index in [0.717, 1.165) is 106 Å². The number of fused-ring (bicyclic) bond motifs is 7. The zero-order valence-electron chi connectivity index (χ0n) is 76.9. The van der Waals surface area contributed by atoms with Gasteiger partial charge in [-0.15, -0.1) is 0 Å². The van der Waals surface area contributed by atoms with Crippen LogP contribution in [0.25, 0.3) is 117 Å². The molecule has 0 bridgehead atoms. The van der Waals surface area contributed by atoms with Gasteiger partial charge < -0.3 is 14.4 Å². The molecule has 14 aromatic carbocycles. The molecule has 110 heavy (non-hydrogen) atoms. The highest BCUT2D eigenvalue weighted by molar-refractivity contribution is 7.00. The summed E-state index contributed by atoms with van der Waals surface area (Å²) < 4.78 is 125. The molecule has 2 aliphatic heterocycles. The summed E-state index contributed by atoms with van der Waals surface area (Å²) in [5.74, 6) is 1.21. The molecule has 0 N–H and O–H groups in total. The SMILES string of the molecule is [2H]c1c([2H])c([2H])c(-c2ccc3c(c2)N(c2c(-c4ccccc4)cc(C(C)(C)C)cc2-c2nc(-c4ccccc4)nc(-c4ccccc4)n2)c2cc(-c4cc(C(C)(C)C)cc(C(C)(C)C)c4)cc4c2B3c2ccc(-n3c5c([2H])c([2H])c([2H])c([2H])c5c5c([2H])c([2H])c([2H])c([2H])c53)cc2N4c2c(-c3ccccc3)cc(C(C)(C)C)cc2-c2ccccc2)c([2H])c1[2H]. The minimum absolute atomic E-state index is 0.00989. The fourth-order valence-corrected chi connectivity index (χ4v) is 15.9. The standard InChI is InChI=1S/C103H89BN6/c1-100(2,3)75-55-73(56-76(60-75)101(4,5)6)74-58-92-94-93(59-74)110(95-82(67-37-21-14-22-38-67)61-77(102(7,8)9)62-83(95)68-39-23-15-24-40-68)91-65-79(108-88-49-33-31-47-80(88)81-48-32-34-50-89(81)108)52-54-87(91)104(94)86-53-51-72(66-35-19-13-20-36-66)57-90(86)109(92)96-84(69-41-25-16-26-42-69)63-78(103(10,11)12)64-85(96)99-106-97(70-43-27-17-28-44-70)105-98(107-99)71-45-29-18-30-46-71/h13-65H,1-12H3/i13D,19D,20D,31D,32D,33D,34D,35D,36D,47D,48D,49D,50D. The average molecular weight is 1430 g/mol. The third-order valence-corrected chi connectivity index (χ3v) is 21.7. The van der Waals surface area contributed by atoms with Gasteiger partial charge in [0, 0.05) is 72.6 Å². The van der Waals surface area contributed by atoms with Gasteiger partial charge in [0.05, 0.1) is 40.2 Å². The number of rotatable bonds is 11. The van der Waals surface area contributed by atoms with Gasteiger partial charge in [-0.1, -0.05) is 338 Å². The molecule has 0 spiro atoms. The van der Waals surface area contributed by atoms with Gasteiger partial charge in [-0.2, -0.15) is 0 Å². The predicted molar refractivity (Wildman–Crippen MR) is 466 cm³/mol. The second-order valence-electron chi connectivity index (χ2n) is 33.1. The number of hydrogen-bond acceptors (Lipinski definition) is 5. The van der Waals surface area contributed by atoms with E-state index in [1.807, 2.05) is 152 Å². The van der Waals surface area contributed by atoms with Crippen molar-refractivity contribution < 1.29 is 17.8 Å². The number of anilines is 6. The second-order valence-corrected chi connectivity index (χ2v) is 33.1. The van der Waals surface area contributed by atoms with Crippen molar-refractivity contribution in [3.63, 3.8) is 0 Å². The Kier molecular flexibility index (Phi) is 13.6. The predicted octanol–water partition coefficient (Wildman–Crippen LogP) is 25.6. The first-order valence-corrected chi connectivity index (χ1v) is 37.7. The van der Waals surface area contributed by atoms with Crippen molar-refractivity contribution in [2.24, 2.45) is 0 Å². The van der Waals surface area contributed by atoms with E-state index in [4.69, 9.17) is 19.1 Å². The second kappa shape index (κ2) is 26.7. The summed E-state index contributed by atoms with van der Waals surface area (Å²) in [5, 5.41) is -0.129. The number of hydrogen-bond donors (Lipinski definition) is 0. The van der Waals surface area contributed by atoms with Gasteiger partial charge in [-0.25, -0.2) is 15.0 Å². The van der Waals surface area contributed by atoms with Crippen molar-refractivity contribution in [2.75, 3.05) is 9.80 Å². The van der Waals surface area contributed by atoms with Crippen LogP contribution in [0.2, 0.25) is 0 Å². The van der Waals surface area contributed by atoms with Crippen molar-refractivity contribution in [3.8, 4) is 95.5 Å². The van der Waals surface area contributed by atoms with Crippen molar-refractivity contribution in [2.45, 2.75) is 105 Å². The number of benzene rings is 14. The molecule has 0 fully saturated rings. The summed E-state index contributed by atoms with van der Waals surface area (Å²) in [6, 6.07) is 76.9. The summed E-state index contributed by atoms with van der Waals surface area (Å²) in [5.41, 5.74) is 18.3. The van der Waals surface area contributed by atoms with Crippen LogP contribution in [0.3, 0.4) is 0 Å². The Morgan fingerprint density at radius 2 is 0.636 bits per heavy atom. The Bertz CT molecular complexity index is 6820. The Labute approximate surface area is 666 Å². The molecule has 0 amide bonds. The third-order valence-electron chi connectivity index (χ3n) is 21.7. The van der Waals surface area contributed by atoms with Crippen molar-refractivity contribution in [1.29, 1.82) is 0 Å². The van der Waals surface area contributed by atoms with Crippen LogP contribution in [0.4, 0.5) is 34.1 Å². The minimum Gasteiger partial charge on any atom is -0.310 e. The molecule has 7 heteroatoms. The number of nitrogens with zero attached hydrogens (tertiary/aromatic N) is 6. The number of para-hydroxylation sites is 2. The molecular formula is C103H89BN6. The lowest BCUT2D eigenvalue weighted by Crippen LogP contribution is -2.61. The van der Waals surface area contributed by atoms with Crippen LogP contribution >= 0.6 is 0 Å². The molecule has 0 aliphatic carbocycles. The largest absolute Gasteiger partial charge is 0.310 e. The van der Waals surface area contributed by atoms with Crippen LogP contribution in [-0.2, 0) is 21.7 Å². The lowest BCUT2D eigenvalue weighted by molar-refractivity contribution is 0.569. The summed E-state index contributed by atoms with van der Waals surface area (Å²) >= 11 is 0. The molecule has 0 saturated carbocycles. The summed E-state index contributed by atoms with van der Waals surface area (Å²) in [6.45, 7) is 25.8. The topological polar surface area (TPSA) is 50.1 Å². The molecule has 6 nitrogen and oxygen atoms in total. The van der Waals surface area contributed by atoms with E-state index in [2.05, 4.69) is 184 Å². The van der Waals surface area contributed by atoms with Gasteiger partial charge in [0.1, 0.15) is 0 Å². The zero-order valence-corrected chi connectivity index (χ0v) is 63.9. The average Bonchev–Trinajstić information content (AvgIpc) is 1.35. The highest BCUT2D eigenvalue weighted by atomic mass is 15.2.